The molecular weight excluding hydrogens is 621 g/mol. The third kappa shape index (κ3) is 7.54. The Morgan fingerprint density at radius 3 is 2.22 bits per heavy atom. The third-order valence-electron chi connectivity index (χ3n) is 8.67. The van der Waals surface area contributed by atoms with E-state index in [1.807, 2.05) is 66.3 Å². The van der Waals surface area contributed by atoms with Crippen molar-refractivity contribution in [1.82, 2.24) is 19.7 Å². The Kier molecular flexibility index (Phi) is 8.90. The summed E-state index contributed by atoms with van der Waals surface area (Å²) in [5.74, 6) is 0.0393. The predicted molar refractivity (Wildman–Crippen MR) is 171 cm³/mol. The third-order valence-corrected chi connectivity index (χ3v) is 11.0. The van der Waals surface area contributed by atoms with Crippen molar-refractivity contribution < 1.29 is 32.6 Å². The largest absolute Gasteiger partial charge is 0.366 e. The normalized spacial score (nSPS) is 28.2. The van der Waals surface area contributed by atoms with Crippen LogP contribution < -0.4 is 4.90 Å². The van der Waals surface area contributed by atoms with E-state index >= 15 is 0 Å². The summed E-state index contributed by atoms with van der Waals surface area (Å²) < 4.78 is 52.3. The van der Waals surface area contributed by atoms with E-state index in [4.69, 9.17) is 44.7 Å². The van der Waals surface area contributed by atoms with Gasteiger partial charge in [-0.3, -0.25) is 4.57 Å². The van der Waals surface area contributed by atoms with Crippen molar-refractivity contribution in [3.8, 4) is 0 Å². The number of nitrogens with zero attached hydrogens (tertiary/aromatic N) is 5. The molecule has 1 saturated carbocycles. The molecule has 0 amide bonds. The molecule has 5 heterocycles. The van der Waals surface area contributed by atoms with Crippen LogP contribution in [0.25, 0.3) is 11.0 Å². The van der Waals surface area contributed by atoms with Gasteiger partial charge in [-0.15, -0.1) is 0 Å². The second kappa shape index (κ2) is 11.9. The summed E-state index contributed by atoms with van der Waals surface area (Å²) >= 11 is 6.47. The van der Waals surface area contributed by atoms with Crippen molar-refractivity contribution in [2.24, 2.45) is 5.41 Å². The second-order valence-corrected chi connectivity index (χ2v) is 17.8. The average Bonchev–Trinajstić information content (AvgIpc) is 3.52. The lowest BCUT2D eigenvalue weighted by Crippen LogP contribution is -2.57. The summed E-state index contributed by atoms with van der Waals surface area (Å²) in [5, 5.41) is 5.76. The molecule has 0 aromatic carbocycles. The molecule has 0 unspecified atom stereocenters. The highest BCUT2D eigenvalue weighted by Gasteiger charge is 2.55. The monoisotopic (exact) mass is 669 g/mol. The molecule has 4 aliphatic rings. The van der Waals surface area contributed by atoms with Gasteiger partial charge in [-0.2, -0.15) is 15.1 Å². The zero-order chi connectivity index (χ0) is 32.4. The van der Waals surface area contributed by atoms with Crippen LogP contribution in [0, 0.1) is 5.41 Å². The van der Waals surface area contributed by atoms with Crippen molar-refractivity contribution >= 4 is 36.0 Å². The predicted octanol–water partition coefficient (Wildman–Crippen LogP) is 6.34. The number of hydrogen-bond donors (Lipinski definition) is 0. The summed E-state index contributed by atoms with van der Waals surface area (Å²) in [6.07, 6.45) is 6.48. The molecule has 252 valence electrons. The van der Waals surface area contributed by atoms with Crippen molar-refractivity contribution in [1.29, 1.82) is 0 Å². The minimum absolute atomic E-state index is 0.122. The van der Waals surface area contributed by atoms with Gasteiger partial charge in [-0.25, -0.2) is 4.68 Å². The van der Waals surface area contributed by atoms with Crippen LogP contribution in [0.2, 0.25) is 5.28 Å². The number of anilines is 1. The topological polar surface area (TPSA) is 119 Å². The fraction of sp³-hybridized carbons (Fsp3) is 0.839. The van der Waals surface area contributed by atoms with Gasteiger partial charge in [0.25, 0.3) is 0 Å². The van der Waals surface area contributed by atoms with Gasteiger partial charge in [0.1, 0.15) is 36.6 Å². The van der Waals surface area contributed by atoms with Crippen molar-refractivity contribution in [3.63, 3.8) is 0 Å². The van der Waals surface area contributed by atoms with E-state index < -0.39 is 36.8 Å². The molecule has 14 heteroatoms. The van der Waals surface area contributed by atoms with Crippen LogP contribution >= 0.6 is 19.2 Å². The highest BCUT2D eigenvalue weighted by molar-refractivity contribution is 7.53. The Hall–Kier alpha value is -1.37. The van der Waals surface area contributed by atoms with Gasteiger partial charge in [0, 0.05) is 18.5 Å². The first-order valence-corrected chi connectivity index (χ1v) is 18.3. The summed E-state index contributed by atoms with van der Waals surface area (Å²) in [5.41, 5.74) is -0.294. The molecular formula is C31H49ClN5O7P. The van der Waals surface area contributed by atoms with Gasteiger partial charge in [0.05, 0.1) is 35.9 Å². The van der Waals surface area contributed by atoms with Crippen LogP contribution in [0.3, 0.4) is 0 Å². The number of aromatic nitrogens is 4. The van der Waals surface area contributed by atoms with Crippen molar-refractivity contribution in [2.45, 2.75) is 135 Å². The number of fused-ring (bicyclic) bond motifs is 2. The molecule has 3 saturated heterocycles. The van der Waals surface area contributed by atoms with E-state index in [0.717, 1.165) is 24.3 Å². The lowest BCUT2D eigenvalue weighted by atomic mass is 9.68. The Morgan fingerprint density at radius 1 is 0.978 bits per heavy atom. The molecule has 1 spiro atoms. The van der Waals surface area contributed by atoms with Crippen LogP contribution in [0.5, 0.6) is 0 Å². The van der Waals surface area contributed by atoms with Gasteiger partial charge in [-0.05, 0) is 79.8 Å². The van der Waals surface area contributed by atoms with E-state index in [-0.39, 0.29) is 30.4 Å². The fourth-order valence-corrected chi connectivity index (χ4v) is 9.53. The van der Waals surface area contributed by atoms with E-state index in [0.29, 0.717) is 17.6 Å². The van der Waals surface area contributed by atoms with E-state index in [1.54, 1.807) is 0 Å². The van der Waals surface area contributed by atoms with Crippen LogP contribution in [-0.4, -0.2) is 87.2 Å². The van der Waals surface area contributed by atoms with Crippen LogP contribution in [0.1, 0.15) is 87.5 Å². The highest BCUT2D eigenvalue weighted by Crippen LogP contribution is 2.54. The summed E-state index contributed by atoms with van der Waals surface area (Å²) in [6.45, 7) is 17.3. The summed E-state index contributed by atoms with van der Waals surface area (Å²) in [7, 11) is -3.58. The Morgan fingerprint density at radius 2 is 1.60 bits per heavy atom. The minimum Gasteiger partial charge on any atom is -0.366 e. The Labute approximate surface area is 271 Å². The molecule has 6 rings (SSSR count). The molecule has 45 heavy (non-hydrogen) atoms. The zero-order valence-corrected chi connectivity index (χ0v) is 29.5. The van der Waals surface area contributed by atoms with E-state index in [2.05, 4.69) is 14.9 Å². The highest BCUT2D eigenvalue weighted by atomic mass is 35.5. The number of ether oxygens (including phenoxy) is 4. The standard InChI is InChI=1S/C31H49ClN5O7P/c1-28(2,3)43-45(38,44-29(4,5)6)19-39-16-22-24-23(41-30(7,8)42-24)21(40-22)15-37-26-20(14-33-37)25(34-27(32)35-26)36-17-31(18-36)12-10-9-11-13-31/h14,21-24H,9-13,15-19H2,1-8H3/t21-,22-,23+,24-/m1/s1. The molecule has 2 aromatic heterocycles. The van der Waals surface area contributed by atoms with Crippen molar-refractivity contribution in [3.05, 3.63) is 11.5 Å². The first kappa shape index (κ1) is 33.5. The molecule has 0 bridgehead atoms. The number of halogens is 1. The maximum absolute atomic E-state index is 13.7. The van der Waals surface area contributed by atoms with Gasteiger partial charge < -0.3 is 32.9 Å². The van der Waals surface area contributed by atoms with E-state index in [1.165, 1.54) is 32.1 Å². The Balaban J connectivity index is 1.16. The van der Waals surface area contributed by atoms with Gasteiger partial charge >= 0.3 is 7.60 Å². The quantitative estimate of drug-likeness (QED) is 0.220. The van der Waals surface area contributed by atoms with E-state index in [9.17, 15) is 4.57 Å². The number of hydrogen-bond acceptors (Lipinski definition) is 11. The first-order chi connectivity index (χ1) is 20.9. The van der Waals surface area contributed by atoms with Crippen LogP contribution in [0.15, 0.2) is 6.20 Å². The fourth-order valence-electron chi connectivity index (χ4n) is 7.23. The van der Waals surface area contributed by atoms with Gasteiger partial charge in [0.15, 0.2) is 11.4 Å². The lowest BCUT2D eigenvalue weighted by Gasteiger charge is -2.53. The van der Waals surface area contributed by atoms with Gasteiger partial charge in [0.2, 0.25) is 5.28 Å². The maximum Gasteiger partial charge on any atom is 0.357 e. The zero-order valence-electron chi connectivity index (χ0n) is 27.9. The SMILES string of the molecule is CC(C)(C)OP(=O)(COC[C@H]1O[C@H](Cn2ncc3c(N4CC5(CCCCC5)C4)nc(Cl)nc32)[C@@H]2OC(C)(C)O[C@@H]21)OC(C)(C)C. The molecule has 4 atom stereocenters. The molecule has 12 nitrogen and oxygen atoms in total. The molecule has 0 N–H and O–H groups in total. The van der Waals surface area contributed by atoms with Crippen LogP contribution in [0.4, 0.5) is 5.82 Å². The lowest BCUT2D eigenvalue weighted by molar-refractivity contribution is -0.193. The molecule has 0 radical (unpaired) electrons. The second-order valence-electron chi connectivity index (χ2n) is 15.6. The number of rotatable bonds is 9. The maximum atomic E-state index is 13.7. The summed E-state index contributed by atoms with van der Waals surface area (Å²) in [4.78, 5) is 11.5. The first-order valence-electron chi connectivity index (χ1n) is 16.2. The molecule has 2 aromatic rings. The smallest absolute Gasteiger partial charge is 0.357 e. The Bertz CT molecular complexity index is 1410. The average molecular weight is 670 g/mol. The van der Waals surface area contributed by atoms with Gasteiger partial charge in [-0.1, -0.05) is 19.3 Å². The molecule has 3 aliphatic heterocycles. The minimum atomic E-state index is -3.58. The molecule has 1 aliphatic carbocycles. The summed E-state index contributed by atoms with van der Waals surface area (Å²) in [6, 6.07) is 0. The van der Waals surface area contributed by atoms with Crippen LogP contribution in [-0.2, 0) is 39.1 Å². The molecule has 4 fully saturated rings. The van der Waals surface area contributed by atoms with Crippen molar-refractivity contribution in [2.75, 3.05) is 30.9 Å².